The lowest BCUT2D eigenvalue weighted by molar-refractivity contribution is -0.158. The normalized spacial score (nSPS) is 41.5. The van der Waals surface area contributed by atoms with E-state index in [1.54, 1.807) is 0 Å². The Hall–Kier alpha value is -1.41. The van der Waals surface area contributed by atoms with E-state index in [1.807, 2.05) is 0 Å². The Morgan fingerprint density at radius 2 is 1.82 bits per heavy atom. The van der Waals surface area contributed by atoms with Crippen LogP contribution in [0.15, 0.2) is 11.6 Å². The first-order valence-electron chi connectivity index (χ1n) is 12.8. The van der Waals surface area contributed by atoms with Crippen LogP contribution in [0.4, 0.5) is 0 Å². The van der Waals surface area contributed by atoms with Crippen molar-refractivity contribution < 1.29 is 31.7 Å². The standard InChI is InChI=1S/C26H40O7S/c1-6-18-13-23(33-17(3)28)25(4)11-10-22-21(24(18)25)8-7-19-14-20(32-16(2)27)9-12-26(19,22)15-31-34(5,29)30/h7,18,20-24H,6,8-15H2,1-5H3/t18?,20?,21-,22-,23?,24+,25-,26-/m1/s1. The zero-order valence-corrected chi connectivity index (χ0v) is 22.0. The summed E-state index contributed by atoms with van der Waals surface area (Å²) in [7, 11) is -3.59. The van der Waals surface area contributed by atoms with E-state index in [4.69, 9.17) is 13.7 Å². The molecule has 0 aromatic carbocycles. The predicted molar refractivity (Wildman–Crippen MR) is 127 cm³/mol. The van der Waals surface area contributed by atoms with E-state index >= 15 is 0 Å². The van der Waals surface area contributed by atoms with Crippen molar-refractivity contribution in [3.63, 3.8) is 0 Å². The summed E-state index contributed by atoms with van der Waals surface area (Å²) in [6.07, 6.45) is 10.1. The molecule has 4 aliphatic rings. The van der Waals surface area contributed by atoms with E-state index in [0.29, 0.717) is 36.5 Å². The van der Waals surface area contributed by atoms with E-state index in [2.05, 4.69) is 19.9 Å². The lowest BCUT2D eigenvalue weighted by Gasteiger charge is -2.59. The van der Waals surface area contributed by atoms with Crippen LogP contribution in [0.2, 0.25) is 0 Å². The van der Waals surface area contributed by atoms with E-state index < -0.39 is 10.1 Å². The molecular weight excluding hydrogens is 456 g/mol. The average molecular weight is 497 g/mol. The molecule has 0 aliphatic heterocycles. The number of allylic oxidation sites excluding steroid dienone is 1. The highest BCUT2D eigenvalue weighted by molar-refractivity contribution is 7.85. The first-order chi connectivity index (χ1) is 15.9. The van der Waals surface area contributed by atoms with Gasteiger partial charge in [0.05, 0.1) is 12.9 Å². The number of carbonyl (C=O) groups is 2. The highest BCUT2D eigenvalue weighted by Crippen LogP contribution is 2.67. The van der Waals surface area contributed by atoms with Crippen LogP contribution < -0.4 is 0 Å². The minimum absolute atomic E-state index is 0.0609. The van der Waals surface area contributed by atoms with Gasteiger partial charge in [-0.3, -0.25) is 13.8 Å². The number of esters is 2. The molecule has 3 fully saturated rings. The minimum Gasteiger partial charge on any atom is -0.462 e. The van der Waals surface area contributed by atoms with Crippen LogP contribution in [0.3, 0.4) is 0 Å². The molecule has 3 unspecified atom stereocenters. The fourth-order valence-electron chi connectivity index (χ4n) is 8.28. The number of hydrogen-bond acceptors (Lipinski definition) is 7. The maximum Gasteiger partial charge on any atom is 0.302 e. The SMILES string of the molecule is CCC1CC(OC(C)=O)[C@@]2(C)CC[C@@H]3[C@@H](CC=C4CC(OC(C)=O)CC[C@@]43COS(C)(=O)=O)[C@H]12. The van der Waals surface area contributed by atoms with Crippen molar-refractivity contribution in [3.05, 3.63) is 11.6 Å². The van der Waals surface area contributed by atoms with Crippen LogP contribution in [0.5, 0.6) is 0 Å². The number of rotatable bonds is 6. The van der Waals surface area contributed by atoms with Crippen LogP contribution in [0, 0.1) is 34.5 Å². The van der Waals surface area contributed by atoms with Gasteiger partial charge < -0.3 is 9.47 Å². The molecule has 34 heavy (non-hydrogen) atoms. The fourth-order valence-corrected chi connectivity index (χ4v) is 8.70. The van der Waals surface area contributed by atoms with Crippen LogP contribution >= 0.6 is 0 Å². The van der Waals surface area contributed by atoms with Crippen LogP contribution in [0.25, 0.3) is 0 Å². The summed E-state index contributed by atoms with van der Waals surface area (Å²) in [5.74, 6) is 1.09. The van der Waals surface area contributed by atoms with Gasteiger partial charge in [-0.25, -0.2) is 0 Å². The second-order valence-electron chi connectivity index (χ2n) is 11.4. The molecule has 8 heteroatoms. The summed E-state index contributed by atoms with van der Waals surface area (Å²) in [5.41, 5.74) is 0.773. The Balaban J connectivity index is 1.69. The van der Waals surface area contributed by atoms with Crippen LogP contribution in [0.1, 0.15) is 79.1 Å². The van der Waals surface area contributed by atoms with Gasteiger partial charge in [0.25, 0.3) is 10.1 Å². The summed E-state index contributed by atoms with van der Waals surface area (Å²) in [5, 5.41) is 0. The van der Waals surface area contributed by atoms with Gasteiger partial charge in [-0.05, 0) is 62.2 Å². The van der Waals surface area contributed by atoms with E-state index in [0.717, 1.165) is 44.8 Å². The lowest BCUT2D eigenvalue weighted by atomic mass is 9.46. The largest absolute Gasteiger partial charge is 0.462 e. The molecule has 0 bridgehead atoms. The smallest absolute Gasteiger partial charge is 0.302 e. The molecule has 8 atom stereocenters. The van der Waals surface area contributed by atoms with Crippen molar-refractivity contribution in [2.45, 2.75) is 91.3 Å². The third-order valence-electron chi connectivity index (χ3n) is 9.54. The van der Waals surface area contributed by atoms with Gasteiger partial charge in [-0.1, -0.05) is 31.9 Å². The zero-order valence-electron chi connectivity index (χ0n) is 21.2. The Labute approximate surface area is 204 Å². The molecule has 3 saturated carbocycles. The van der Waals surface area contributed by atoms with E-state index in [1.165, 1.54) is 19.4 Å². The lowest BCUT2D eigenvalue weighted by Crippen LogP contribution is -2.55. The molecule has 192 valence electrons. The van der Waals surface area contributed by atoms with Crippen LogP contribution in [-0.2, 0) is 33.4 Å². The molecule has 0 amide bonds. The zero-order chi connectivity index (χ0) is 24.9. The van der Waals surface area contributed by atoms with Gasteiger partial charge in [-0.2, -0.15) is 8.42 Å². The molecular formula is C26H40O7S. The van der Waals surface area contributed by atoms with Gasteiger partial charge in [0.2, 0.25) is 0 Å². The topological polar surface area (TPSA) is 96.0 Å². The van der Waals surface area contributed by atoms with Crippen molar-refractivity contribution >= 4 is 22.1 Å². The summed E-state index contributed by atoms with van der Waals surface area (Å²) in [6, 6.07) is 0. The molecule has 0 heterocycles. The summed E-state index contributed by atoms with van der Waals surface area (Å²) in [4.78, 5) is 23.5. The summed E-state index contributed by atoms with van der Waals surface area (Å²) < 4.78 is 41.0. The maximum absolute atomic E-state index is 12.0. The highest BCUT2D eigenvalue weighted by atomic mass is 32.2. The Morgan fingerprint density at radius 1 is 1.12 bits per heavy atom. The van der Waals surface area contributed by atoms with Crippen molar-refractivity contribution in [2.75, 3.05) is 12.9 Å². The highest BCUT2D eigenvalue weighted by Gasteiger charge is 2.63. The molecule has 0 aromatic heterocycles. The monoisotopic (exact) mass is 496 g/mol. The first-order valence-corrected chi connectivity index (χ1v) is 14.6. The number of hydrogen-bond donors (Lipinski definition) is 0. The molecule has 0 aromatic rings. The van der Waals surface area contributed by atoms with Crippen molar-refractivity contribution in [3.8, 4) is 0 Å². The Bertz CT molecular complexity index is 956. The third kappa shape index (κ3) is 4.57. The fraction of sp³-hybridized carbons (Fsp3) is 0.846. The van der Waals surface area contributed by atoms with Gasteiger partial charge >= 0.3 is 11.9 Å². The van der Waals surface area contributed by atoms with Crippen molar-refractivity contribution in [2.24, 2.45) is 34.5 Å². The maximum atomic E-state index is 12.0. The number of carbonyl (C=O) groups excluding carboxylic acids is 2. The second kappa shape index (κ2) is 9.23. The molecule has 0 radical (unpaired) electrons. The Morgan fingerprint density at radius 3 is 2.44 bits per heavy atom. The van der Waals surface area contributed by atoms with Gasteiger partial charge in [0, 0.05) is 31.1 Å². The molecule has 0 spiro atoms. The average Bonchev–Trinajstić information content (AvgIpc) is 3.02. The molecule has 7 nitrogen and oxygen atoms in total. The molecule has 0 saturated heterocycles. The first kappa shape index (κ1) is 25.7. The third-order valence-corrected chi connectivity index (χ3v) is 10.1. The second-order valence-corrected chi connectivity index (χ2v) is 13.0. The predicted octanol–water partition coefficient (Wildman–Crippen LogP) is 4.41. The minimum atomic E-state index is -3.59. The van der Waals surface area contributed by atoms with Crippen molar-refractivity contribution in [1.82, 2.24) is 0 Å². The number of fused-ring (bicyclic) bond motifs is 5. The van der Waals surface area contributed by atoms with Gasteiger partial charge in [0.15, 0.2) is 0 Å². The molecule has 4 aliphatic carbocycles. The molecule has 0 N–H and O–H groups in total. The summed E-state index contributed by atoms with van der Waals surface area (Å²) >= 11 is 0. The Kier molecular flexibility index (Phi) is 6.97. The van der Waals surface area contributed by atoms with Gasteiger partial charge in [0.1, 0.15) is 12.2 Å². The van der Waals surface area contributed by atoms with Crippen LogP contribution in [-0.4, -0.2) is 45.4 Å². The quantitative estimate of drug-likeness (QED) is 0.305. The van der Waals surface area contributed by atoms with E-state index in [9.17, 15) is 18.0 Å². The van der Waals surface area contributed by atoms with Crippen molar-refractivity contribution in [1.29, 1.82) is 0 Å². The summed E-state index contributed by atoms with van der Waals surface area (Å²) in [6.45, 7) is 7.61. The van der Waals surface area contributed by atoms with Gasteiger partial charge in [-0.15, -0.1) is 0 Å². The van der Waals surface area contributed by atoms with E-state index in [-0.39, 0.29) is 41.6 Å². The number of ether oxygens (including phenoxy) is 2. The molecule has 4 rings (SSSR count).